The quantitative estimate of drug-likeness (QED) is 0.546. The Morgan fingerprint density at radius 1 is 1.41 bits per heavy atom. The molecule has 0 spiro atoms. The van der Waals surface area contributed by atoms with E-state index in [0.717, 1.165) is 0 Å². The molecule has 1 heterocycles. The highest BCUT2D eigenvalue weighted by Gasteiger charge is 2.17. The minimum Gasteiger partial charge on any atom is -0.505 e. The number of carbonyl (C=O) groups is 1. The zero-order valence-corrected chi connectivity index (χ0v) is 9.10. The summed E-state index contributed by atoms with van der Waals surface area (Å²) in [6.07, 6.45) is 0. The van der Waals surface area contributed by atoms with E-state index in [2.05, 4.69) is 0 Å². The normalized spacial score (nSPS) is 10.4. The van der Waals surface area contributed by atoms with E-state index in [0.29, 0.717) is 11.1 Å². The smallest absolute Gasteiger partial charge is 0.372 e. The van der Waals surface area contributed by atoms with Crippen molar-refractivity contribution in [2.45, 2.75) is 6.92 Å². The van der Waals surface area contributed by atoms with E-state index in [1.54, 1.807) is 31.2 Å². The largest absolute Gasteiger partial charge is 0.505 e. The van der Waals surface area contributed by atoms with Gasteiger partial charge >= 0.3 is 5.97 Å². The molecule has 0 unspecified atom stereocenters. The summed E-state index contributed by atoms with van der Waals surface area (Å²) < 4.78 is 5.18. The number of rotatable bonds is 2. The standard InChI is InChI=1S/C12H11NO4/c1-6-5-9(17-11(6)12(15)16)7-3-2-4-8(13)10(7)14/h2-5,14H,13H2,1H3,(H,15,16). The third-order valence-electron chi connectivity index (χ3n) is 2.44. The van der Waals surface area contributed by atoms with Crippen molar-refractivity contribution in [3.05, 3.63) is 35.6 Å². The van der Waals surface area contributed by atoms with Gasteiger partial charge in [0, 0.05) is 5.56 Å². The average Bonchev–Trinajstić information content (AvgIpc) is 2.64. The molecule has 0 saturated heterocycles. The molecule has 0 amide bonds. The number of anilines is 1. The molecule has 17 heavy (non-hydrogen) atoms. The van der Waals surface area contributed by atoms with Crippen molar-refractivity contribution < 1.29 is 19.4 Å². The molecule has 5 heteroatoms. The van der Waals surface area contributed by atoms with Crippen molar-refractivity contribution >= 4 is 11.7 Å². The summed E-state index contributed by atoms with van der Waals surface area (Å²) in [5, 5.41) is 18.6. The Balaban J connectivity index is 2.58. The molecule has 0 bridgehead atoms. The number of carboxylic acids is 1. The van der Waals surface area contributed by atoms with Crippen LogP contribution in [-0.4, -0.2) is 16.2 Å². The summed E-state index contributed by atoms with van der Waals surface area (Å²) in [4.78, 5) is 10.8. The van der Waals surface area contributed by atoms with Crippen molar-refractivity contribution in [1.82, 2.24) is 0 Å². The number of aromatic carboxylic acids is 1. The fourth-order valence-corrected chi connectivity index (χ4v) is 1.59. The van der Waals surface area contributed by atoms with E-state index in [1.165, 1.54) is 0 Å². The second-order valence-electron chi connectivity index (χ2n) is 3.67. The molecule has 0 fully saturated rings. The fourth-order valence-electron chi connectivity index (χ4n) is 1.59. The first kappa shape index (κ1) is 11.1. The summed E-state index contributed by atoms with van der Waals surface area (Å²) >= 11 is 0. The molecule has 0 aliphatic heterocycles. The second kappa shape index (κ2) is 3.86. The first-order valence-electron chi connectivity index (χ1n) is 4.92. The Kier molecular flexibility index (Phi) is 2.51. The molecule has 0 atom stereocenters. The van der Waals surface area contributed by atoms with Crippen LogP contribution < -0.4 is 5.73 Å². The molecule has 0 radical (unpaired) electrons. The van der Waals surface area contributed by atoms with Gasteiger partial charge in [-0.25, -0.2) is 4.79 Å². The van der Waals surface area contributed by atoms with Crippen LogP contribution in [0.1, 0.15) is 16.1 Å². The van der Waals surface area contributed by atoms with Gasteiger partial charge in [0.2, 0.25) is 5.76 Å². The number of nitrogen functional groups attached to an aromatic ring is 1. The number of hydrogen-bond donors (Lipinski definition) is 3. The molecule has 1 aromatic heterocycles. The maximum absolute atomic E-state index is 10.8. The van der Waals surface area contributed by atoms with Gasteiger partial charge in [0.25, 0.3) is 0 Å². The molecule has 2 rings (SSSR count). The molecular weight excluding hydrogens is 222 g/mol. The number of phenolic OH excluding ortho intramolecular Hbond substituents is 1. The maximum Gasteiger partial charge on any atom is 0.372 e. The third kappa shape index (κ3) is 1.82. The first-order valence-corrected chi connectivity index (χ1v) is 4.92. The Labute approximate surface area is 97.1 Å². The first-order chi connectivity index (χ1) is 8.00. The van der Waals surface area contributed by atoms with E-state index in [9.17, 15) is 9.90 Å². The van der Waals surface area contributed by atoms with E-state index < -0.39 is 5.97 Å². The van der Waals surface area contributed by atoms with Crippen LogP contribution in [0.4, 0.5) is 5.69 Å². The van der Waals surface area contributed by atoms with Gasteiger partial charge < -0.3 is 20.4 Å². The monoisotopic (exact) mass is 233 g/mol. The average molecular weight is 233 g/mol. The maximum atomic E-state index is 10.8. The van der Waals surface area contributed by atoms with E-state index in [-0.39, 0.29) is 23.0 Å². The van der Waals surface area contributed by atoms with Crippen molar-refractivity contribution in [1.29, 1.82) is 0 Å². The molecule has 4 N–H and O–H groups in total. The highest BCUT2D eigenvalue weighted by atomic mass is 16.4. The lowest BCUT2D eigenvalue weighted by molar-refractivity contribution is 0.0662. The third-order valence-corrected chi connectivity index (χ3v) is 2.44. The number of aryl methyl sites for hydroxylation is 1. The number of benzene rings is 1. The SMILES string of the molecule is Cc1cc(-c2cccc(N)c2O)oc1C(=O)O. The van der Waals surface area contributed by atoms with Crippen molar-refractivity contribution in [3.8, 4) is 17.1 Å². The summed E-state index contributed by atoms with van der Waals surface area (Å²) in [5.74, 6) is -1.11. The van der Waals surface area contributed by atoms with Crippen molar-refractivity contribution in [2.75, 3.05) is 5.73 Å². The number of aromatic hydroxyl groups is 1. The predicted molar refractivity (Wildman–Crippen MR) is 61.9 cm³/mol. The second-order valence-corrected chi connectivity index (χ2v) is 3.67. The van der Waals surface area contributed by atoms with Gasteiger partial charge in [-0.2, -0.15) is 0 Å². The molecule has 0 aliphatic carbocycles. The molecule has 1 aromatic carbocycles. The fraction of sp³-hybridized carbons (Fsp3) is 0.0833. The minimum absolute atomic E-state index is 0.113. The van der Waals surface area contributed by atoms with Crippen LogP contribution in [0.15, 0.2) is 28.7 Å². The zero-order valence-electron chi connectivity index (χ0n) is 9.10. The zero-order chi connectivity index (χ0) is 12.6. The Morgan fingerprint density at radius 2 is 2.12 bits per heavy atom. The van der Waals surface area contributed by atoms with Crippen LogP contribution in [0.2, 0.25) is 0 Å². The predicted octanol–water partition coefficient (Wildman–Crippen LogP) is 2.24. The topological polar surface area (TPSA) is 96.7 Å². The van der Waals surface area contributed by atoms with Gasteiger partial charge in [-0.3, -0.25) is 0 Å². The molecule has 2 aromatic rings. The van der Waals surface area contributed by atoms with Gasteiger partial charge in [0.1, 0.15) is 11.5 Å². The van der Waals surface area contributed by atoms with E-state index in [4.69, 9.17) is 15.3 Å². The number of furan rings is 1. The minimum atomic E-state index is -1.14. The van der Waals surface area contributed by atoms with Crippen LogP contribution in [0.5, 0.6) is 5.75 Å². The highest BCUT2D eigenvalue weighted by molar-refractivity contribution is 5.87. The van der Waals surface area contributed by atoms with Crippen molar-refractivity contribution in [2.24, 2.45) is 0 Å². The summed E-state index contributed by atoms with van der Waals surface area (Å²) in [7, 11) is 0. The number of phenols is 1. The summed E-state index contributed by atoms with van der Waals surface area (Å²) in [5.41, 5.74) is 6.64. The Hall–Kier alpha value is -2.43. The van der Waals surface area contributed by atoms with Gasteiger partial charge in [-0.15, -0.1) is 0 Å². The molecule has 0 aliphatic rings. The summed E-state index contributed by atoms with van der Waals surface area (Å²) in [6, 6.07) is 6.36. The number of para-hydroxylation sites is 1. The van der Waals surface area contributed by atoms with Gasteiger partial charge in [-0.05, 0) is 25.1 Å². The van der Waals surface area contributed by atoms with Crippen LogP contribution in [0.25, 0.3) is 11.3 Å². The van der Waals surface area contributed by atoms with E-state index >= 15 is 0 Å². The van der Waals surface area contributed by atoms with Crippen LogP contribution in [-0.2, 0) is 0 Å². The van der Waals surface area contributed by atoms with E-state index in [1.807, 2.05) is 0 Å². The molecule has 88 valence electrons. The lowest BCUT2D eigenvalue weighted by atomic mass is 10.1. The van der Waals surface area contributed by atoms with Crippen molar-refractivity contribution in [3.63, 3.8) is 0 Å². The molecule has 5 nitrogen and oxygen atoms in total. The van der Waals surface area contributed by atoms with Crippen LogP contribution in [0.3, 0.4) is 0 Å². The van der Waals surface area contributed by atoms with Crippen LogP contribution >= 0.6 is 0 Å². The van der Waals surface area contributed by atoms with Gasteiger partial charge in [0.05, 0.1) is 11.3 Å². The Morgan fingerprint density at radius 3 is 2.71 bits per heavy atom. The lowest BCUT2D eigenvalue weighted by Crippen LogP contribution is -1.94. The lowest BCUT2D eigenvalue weighted by Gasteiger charge is -2.03. The van der Waals surface area contributed by atoms with Crippen LogP contribution in [0, 0.1) is 6.92 Å². The van der Waals surface area contributed by atoms with Gasteiger partial charge in [-0.1, -0.05) is 6.07 Å². The summed E-state index contributed by atoms with van der Waals surface area (Å²) in [6.45, 7) is 1.62. The number of nitrogens with two attached hydrogens (primary N) is 1. The number of carboxylic acid groups (broad SMARTS) is 1. The number of hydrogen-bond acceptors (Lipinski definition) is 4. The Bertz CT molecular complexity index is 586. The highest BCUT2D eigenvalue weighted by Crippen LogP contribution is 2.35. The molecule has 0 saturated carbocycles. The van der Waals surface area contributed by atoms with Gasteiger partial charge in [0.15, 0.2) is 0 Å². The molecular formula is C12H11NO4.